The molecule has 0 spiro atoms. The van der Waals surface area contributed by atoms with Crippen molar-refractivity contribution < 1.29 is 14.3 Å². The summed E-state index contributed by atoms with van der Waals surface area (Å²) in [5.41, 5.74) is 2.59. The maximum atomic E-state index is 9.49. The molecule has 1 atom stereocenters. The molecule has 1 unspecified atom stereocenters. The smallest absolute Gasteiger partial charge is 0.129 e. The second-order valence-electron chi connectivity index (χ2n) is 5.41. The summed E-state index contributed by atoms with van der Waals surface area (Å²) in [5, 5.41) is 13.1. The van der Waals surface area contributed by atoms with Gasteiger partial charge in [-0.15, -0.1) is 0 Å². The summed E-state index contributed by atoms with van der Waals surface area (Å²) in [5.74, 6) is 1.23. The molecule has 2 aromatic rings. The molecule has 112 valence electrons. The van der Waals surface area contributed by atoms with Crippen LogP contribution in [0.15, 0.2) is 41.0 Å². The second kappa shape index (κ2) is 6.78. The third kappa shape index (κ3) is 3.65. The minimum absolute atomic E-state index is 0.362. The highest BCUT2D eigenvalue weighted by molar-refractivity contribution is 5.39. The van der Waals surface area contributed by atoms with Gasteiger partial charge in [0.05, 0.1) is 6.26 Å². The Labute approximate surface area is 124 Å². The van der Waals surface area contributed by atoms with E-state index in [1.807, 2.05) is 24.3 Å². The number of ether oxygens (including phenoxy) is 1. The molecule has 1 aliphatic rings. The molecule has 3 rings (SSSR count). The molecule has 0 saturated carbocycles. The fourth-order valence-electron chi connectivity index (χ4n) is 2.83. The van der Waals surface area contributed by atoms with Crippen LogP contribution in [-0.2, 0) is 17.8 Å². The summed E-state index contributed by atoms with van der Waals surface area (Å²) in [4.78, 5) is 0. The van der Waals surface area contributed by atoms with Crippen molar-refractivity contribution in [2.45, 2.75) is 31.9 Å². The average molecular weight is 287 g/mol. The van der Waals surface area contributed by atoms with E-state index in [0.29, 0.717) is 18.4 Å². The van der Waals surface area contributed by atoms with Crippen molar-refractivity contribution in [3.63, 3.8) is 0 Å². The van der Waals surface area contributed by atoms with E-state index >= 15 is 0 Å². The lowest BCUT2D eigenvalue weighted by molar-refractivity contribution is 0.103. The Morgan fingerprint density at radius 3 is 3.14 bits per heavy atom. The average Bonchev–Trinajstić information content (AvgIpc) is 3.12. The number of hydrogen-bond donors (Lipinski definition) is 2. The number of aromatic hydroxyl groups is 1. The number of phenols is 1. The number of furan rings is 1. The lowest BCUT2D eigenvalue weighted by Crippen LogP contribution is -2.21. The summed E-state index contributed by atoms with van der Waals surface area (Å²) < 4.78 is 10.8. The van der Waals surface area contributed by atoms with Crippen molar-refractivity contribution in [2.75, 3.05) is 13.2 Å². The summed E-state index contributed by atoms with van der Waals surface area (Å²) in [6.07, 6.45) is 4.78. The first-order chi connectivity index (χ1) is 10.3. The van der Waals surface area contributed by atoms with Crippen LogP contribution in [0.4, 0.5) is 0 Å². The summed E-state index contributed by atoms with van der Waals surface area (Å²) in [6.45, 7) is 2.20. The summed E-state index contributed by atoms with van der Waals surface area (Å²) in [7, 11) is 0. The number of aryl methyl sites for hydroxylation is 1. The molecular formula is C17H21NO3. The Morgan fingerprint density at radius 2 is 2.29 bits per heavy atom. The first-order valence-electron chi connectivity index (χ1n) is 7.48. The Kier molecular flexibility index (Phi) is 4.58. The third-order valence-corrected chi connectivity index (χ3v) is 3.88. The van der Waals surface area contributed by atoms with Crippen molar-refractivity contribution in [2.24, 2.45) is 0 Å². The fraction of sp³-hybridized carbons (Fsp3) is 0.412. The van der Waals surface area contributed by atoms with Crippen LogP contribution < -0.4 is 5.32 Å². The molecule has 4 nitrogen and oxygen atoms in total. The number of benzene rings is 1. The number of nitrogens with one attached hydrogen (secondary N) is 1. The van der Waals surface area contributed by atoms with E-state index < -0.39 is 0 Å². The molecule has 0 radical (unpaired) electrons. The van der Waals surface area contributed by atoms with Crippen molar-refractivity contribution >= 4 is 0 Å². The number of rotatable bonds is 7. The van der Waals surface area contributed by atoms with Crippen LogP contribution in [0.3, 0.4) is 0 Å². The Hall–Kier alpha value is -1.78. The molecular weight excluding hydrogens is 266 g/mol. The Balaban J connectivity index is 1.35. The first kappa shape index (κ1) is 14.2. The second-order valence-corrected chi connectivity index (χ2v) is 5.41. The molecule has 1 aromatic heterocycles. The monoisotopic (exact) mass is 287 g/mol. The molecule has 2 N–H and O–H groups in total. The van der Waals surface area contributed by atoms with Crippen LogP contribution >= 0.6 is 0 Å². The van der Waals surface area contributed by atoms with Crippen LogP contribution in [0.2, 0.25) is 0 Å². The molecule has 1 aliphatic carbocycles. The van der Waals surface area contributed by atoms with Crippen LogP contribution in [-0.4, -0.2) is 18.3 Å². The Morgan fingerprint density at radius 1 is 1.33 bits per heavy atom. The summed E-state index contributed by atoms with van der Waals surface area (Å²) >= 11 is 0. The van der Waals surface area contributed by atoms with Crippen LogP contribution in [0.5, 0.6) is 5.75 Å². The largest absolute Gasteiger partial charge is 0.508 e. The number of fused-ring (bicyclic) bond motifs is 1. The molecule has 1 heterocycles. The van der Waals surface area contributed by atoms with Gasteiger partial charge in [-0.2, -0.15) is 0 Å². The van der Waals surface area contributed by atoms with E-state index in [0.717, 1.165) is 38.2 Å². The Bertz CT molecular complexity index is 565. The van der Waals surface area contributed by atoms with Crippen molar-refractivity contribution in [1.29, 1.82) is 0 Å². The fourth-order valence-corrected chi connectivity index (χ4v) is 2.83. The highest BCUT2D eigenvalue weighted by Crippen LogP contribution is 2.33. The molecule has 4 heteroatoms. The van der Waals surface area contributed by atoms with Gasteiger partial charge in [0.15, 0.2) is 0 Å². The molecule has 0 fully saturated rings. The zero-order valence-electron chi connectivity index (χ0n) is 12.0. The van der Waals surface area contributed by atoms with Crippen molar-refractivity contribution in [1.82, 2.24) is 5.32 Å². The zero-order valence-corrected chi connectivity index (χ0v) is 12.0. The number of phenolic OH excluding ortho intramolecular Hbond substituents is 1. The van der Waals surface area contributed by atoms with E-state index in [-0.39, 0.29) is 0 Å². The quantitative estimate of drug-likeness (QED) is 0.768. The highest BCUT2D eigenvalue weighted by Gasteiger charge is 2.21. The number of hydrogen-bond acceptors (Lipinski definition) is 4. The third-order valence-electron chi connectivity index (χ3n) is 3.88. The van der Waals surface area contributed by atoms with Gasteiger partial charge < -0.3 is 19.6 Å². The van der Waals surface area contributed by atoms with E-state index in [4.69, 9.17) is 9.15 Å². The summed E-state index contributed by atoms with van der Waals surface area (Å²) in [6, 6.07) is 9.88. The molecule has 0 bridgehead atoms. The molecule has 0 saturated heterocycles. The van der Waals surface area contributed by atoms with Crippen molar-refractivity contribution in [3.05, 3.63) is 53.5 Å². The van der Waals surface area contributed by atoms with E-state index in [9.17, 15) is 5.11 Å². The lowest BCUT2D eigenvalue weighted by atomic mass is 10.1. The predicted molar refractivity (Wildman–Crippen MR) is 80.2 cm³/mol. The van der Waals surface area contributed by atoms with Crippen molar-refractivity contribution in [3.8, 4) is 5.75 Å². The molecule has 1 aromatic carbocycles. The topological polar surface area (TPSA) is 54.6 Å². The van der Waals surface area contributed by atoms with E-state index in [2.05, 4.69) is 5.32 Å². The van der Waals surface area contributed by atoms with Gasteiger partial charge in [0.1, 0.15) is 18.1 Å². The normalized spacial score (nSPS) is 17.0. The van der Waals surface area contributed by atoms with Gasteiger partial charge in [-0.1, -0.05) is 6.07 Å². The lowest BCUT2D eigenvalue weighted by Gasteiger charge is -2.14. The van der Waals surface area contributed by atoms with Gasteiger partial charge in [0.25, 0.3) is 0 Å². The van der Waals surface area contributed by atoms with Gasteiger partial charge >= 0.3 is 0 Å². The van der Waals surface area contributed by atoms with E-state index in [1.165, 1.54) is 11.1 Å². The van der Waals surface area contributed by atoms with Crippen LogP contribution in [0.25, 0.3) is 0 Å². The predicted octanol–water partition coefficient (Wildman–Crippen LogP) is 3.17. The maximum Gasteiger partial charge on any atom is 0.129 e. The minimum atomic E-state index is 0.362. The van der Waals surface area contributed by atoms with E-state index in [1.54, 1.807) is 12.3 Å². The van der Waals surface area contributed by atoms with Gasteiger partial charge in [0.2, 0.25) is 0 Å². The van der Waals surface area contributed by atoms with Gasteiger partial charge in [0, 0.05) is 12.6 Å². The van der Waals surface area contributed by atoms with Crippen LogP contribution in [0.1, 0.15) is 35.8 Å². The first-order valence-corrected chi connectivity index (χ1v) is 7.48. The minimum Gasteiger partial charge on any atom is -0.508 e. The molecule has 0 aliphatic heterocycles. The molecule has 0 amide bonds. The van der Waals surface area contributed by atoms with Gasteiger partial charge in [-0.25, -0.2) is 0 Å². The van der Waals surface area contributed by atoms with Crippen LogP contribution in [0, 0.1) is 0 Å². The molecule has 21 heavy (non-hydrogen) atoms. The highest BCUT2D eigenvalue weighted by atomic mass is 16.5. The standard InChI is InChI=1S/C17H21NO3/c19-14-5-6-16-13(11-14)4-7-17(16)18-8-2-9-20-12-15-3-1-10-21-15/h1,3,5-6,10-11,17-19H,2,4,7-9,12H2. The maximum absolute atomic E-state index is 9.49. The van der Waals surface area contributed by atoms with Gasteiger partial charge in [-0.05, 0) is 61.2 Å². The van der Waals surface area contributed by atoms with Gasteiger partial charge in [-0.3, -0.25) is 0 Å². The zero-order chi connectivity index (χ0) is 14.5. The SMILES string of the molecule is Oc1ccc2c(c1)CCC2NCCCOCc1ccco1.